The number of aromatic hydroxyl groups is 3. The van der Waals surface area contributed by atoms with E-state index in [1.54, 1.807) is 0 Å². The number of phenols is 3. The third-order valence-electron chi connectivity index (χ3n) is 4.01. The maximum absolute atomic E-state index is 12.2. The Kier molecular flexibility index (Phi) is 7.21. The molecule has 154 valence electrons. The third-order valence-corrected chi connectivity index (χ3v) is 4.01. The van der Waals surface area contributed by atoms with E-state index in [4.69, 9.17) is 5.73 Å². The zero-order valence-corrected chi connectivity index (χ0v) is 16.2. The molecule has 0 unspecified atom stereocenters. The number of nitrogens with one attached hydrogen (secondary N) is 2. The van der Waals surface area contributed by atoms with E-state index in [1.165, 1.54) is 48.6 Å². The van der Waals surface area contributed by atoms with E-state index < -0.39 is 17.9 Å². The summed E-state index contributed by atoms with van der Waals surface area (Å²) in [5.41, 5.74) is 6.86. The summed E-state index contributed by atoms with van der Waals surface area (Å²) >= 11 is 0. The number of nitrogens with two attached hydrogens (primary N) is 1. The van der Waals surface area contributed by atoms with Crippen molar-refractivity contribution >= 4 is 29.3 Å². The molecule has 8 nitrogen and oxygen atoms in total. The highest BCUT2D eigenvalue weighted by Crippen LogP contribution is 2.27. The van der Waals surface area contributed by atoms with Crippen LogP contribution in [-0.4, -0.2) is 33.2 Å². The summed E-state index contributed by atoms with van der Waals surface area (Å²) in [6.07, 6.45) is 3.21. The summed E-state index contributed by atoms with van der Waals surface area (Å²) in [4.78, 5) is 24.3. The Morgan fingerprint density at radius 2 is 1.69 bits per heavy atom. The lowest BCUT2D eigenvalue weighted by Crippen LogP contribution is -2.36. The molecule has 2 amide bonds. The molecule has 2 aromatic rings. The lowest BCUT2D eigenvalue weighted by atomic mass is 10.0. The van der Waals surface area contributed by atoms with Gasteiger partial charge in [-0.25, -0.2) is 0 Å². The highest BCUT2D eigenvalue weighted by Gasteiger charge is 2.16. The number of carbonyl (C=O) groups is 2. The minimum Gasteiger partial charge on any atom is -0.506 e. The average Bonchev–Trinajstić information content (AvgIpc) is 2.64. The summed E-state index contributed by atoms with van der Waals surface area (Å²) in [5.74, 6) is -1.33. The number of amides is 2. The predicted octanol–water partition coefficient (Wildman–Crippen LogP) is 2.77. The van der Waals surface area contributed by atoms with Gasteiger partial charge in [0.1, 0.15) is 5.75 Å². The van der Waals surface area contributed by atoms with Gasteiger partial charge in [0.25, 0.3) is 0 Å². The fraction of sp³-hybridized carbons (Fsp3) is 0.238. The Bertz CT molecular complexity index is 925. The van der Waals surface area contributed by atoms with Crippen molar-refractivity contribution in [1.29, 1.82) is 0 Å². The first-order valence-corrected chi connectivity index (χ1v) is 9.06. The van der Waals surface area contributed by atoms with Gasteiger partial charge in [-0.1, -0.05) is 19.9 Å². The lowest BCUT2D eigenvalue weighted by molar-refractivity contribution is -0.117. The van der Waals surface area contributed by atoms with Gasteiger partial charge in [-0.2, -0.15) is 0 Å². The number of anilines is 2. The largest absolute Gasteiger partial charge is 0.506 e. The molecule has 0 saturated carbocycles. The third kappa shape index (κ3) is 6.54. The molecule has 0 radical (unpaired) electrons. The first-order valence-electron chi connectivity index (χ1n) is 9.06. The molecule has 0 aromatic heterocycles. The summed E-state index contributed by atoms with van der Waals surface area (Å²) in [6, 6.07) is 7.70. The molecule has 2 aromatic carbocycles. The van der Waals surface area contributed by atoms with Crippen LogP contribution in [-0.2, 0) is 9.59 Å². The van der Waals surface area contributed by atoms with Crippen LogP contribution < -0.4 is 16.4 Å². The van der Waals surface area contributed by atoms with Crippen molar-refractivity contribution in [3.05, 3.63) is 48.0 Å². The van der Waals surface area contributed by atoms with Crippen molar-refractivity contribution in [2.45, 2.75) is 26.3 Å². The topological polar surface area (TPSA) is 145 Å². The van der Waals surface area contributed by atoms with E-state index >= 15 is 0 Å². The Labute approximate surface area is 168 Å². The van der Waals surface area contributed by atoms with E-state index in [9.17, 15) is 24.9 Å². The van der Waals surface area contributed by atoms with Gasteiger partial charge < -0.3 is 31.7 Å². The number of benzene rings is 2. The van der Waals surface area contributed by atoms with Gasteiger partial charge in [0.15, 0.2) is 11.5 Å². The van der Waals surface area contributed by atoms with Crippen LogP contribution in [0.4, 0.5) is 11.4 Å². The molecule has 29 heavy (non-hydrogen) atoms. The zero-order valence-electron chi connectivity index (χ0n) is 16.2. The van der Waals surface area contributed by atoms with Crippen LogP contribution in [0, 0.1) is 5.92 Å². The van der Waals surface area contributed by atoms with Gasteiger partial charge in [0.2, 0.25) is 11.8 Å². The molecule has 2 rings (SSSR count). The average molecular weight is 399 g/mol. The molecule has 1 atom stereocenters. The molecular formula is C21H25N3O5. The van der Waals surface area contributed by atoms with E-state index in [1.807, 2.05) is 13.8 Å². The van der Waals surface area contributed by atoms with Crippen LogP contribution >= 0.6 is 0 Å². The molecule has 8 heteroatoms. The van der Waals surface area contributed by atoms with Crippen LogP contribution in [0.5, 0.6) is 17.2 Å². The second kappa shape index (κ2) is 9.61. The Hall–Kier alpha value is -3.52. The Morgan fingerprint density at radius 3 is 2.34 bits per heavy atom. The number of hydrogen-bond donors (Lipinski definition) is 6. The van der Waals surface area contributed by atoms with Gasteiger partial charge in [0, 0.05) is 11.8 Å². The summed E-state index contributed by atoms with van der Waals surface area (Å²) < 4.78 is 0. The molecule has 0 aliphatic heterocycles. The van der Waals surface area contributed by atoms with Crippen molar-refractivity contribution in [2.24, 2.45) is 11.7 Å². The van der Waals surface area contributed by atoms with Crippen LogP contribution in [0.1, 0.15) is 25.8 Å². The quantitative estimate of drug-likeness (QED) is 0.240. The number of phenolic OH excluding ortho intramolecular Hbond substituents is 3. The maximum Gasteiger partial charge on any atom is 0.248 e. The molecule has 0 aliphatic rings. The summed E-state index contributed by atoms with van der Waals surface area (Å²) in [7, 11) is 0. The SMILES string of the molecule is CC(C)C[C@H](N)C(=O)Nc1cc(NC(=O)C=Cc2ccc(O)c(O)c2)ccc1O. The van der Waals surface area contributed by atoms with Crippen molar-refractivity contribution in [1.82, 2.24) is 0 Å². The van der Waals surface area contributed by atoms with Crippen LogP contribution in [0.15, 0.2) is 42.5 Å². The van der Waals surface area contributed by atoms with Crippen LogP contribution in [0.2, 0.25) is 0 Å². The molecule has 0 heterocycles. The van der Waals surface area contributed by atoms with E-state index in [0.717, 1.165) is 0 Å². The first kappa shape index (κ1) is 21.8. The van der Waals surface area contributed by atoms with Crippen molar-refractivity contribution < 1.29 is 24.9 Å². The fourth-order valence-electron chi connectivity index (χ4n) is 2.55. The number of hydrogen-bond acceptors (Lipinski definition) is 6. The van der Waals surface area contributed by atoms with Gasteiger partial charge >= 0.3 is 0 Å². The molecule has 0 aliphatic carbocycles. The van der Waals surface area contributed by atoms with Crippen molar-refractivity contribution in [3.63, 3.8) is 0 Å². The first-order chi connectivity index (χ1) is 13.7. The van der Waals surface area contributed by atoms with E-state index in [-0.39, 0.29) is 28.9 Å². The van der Waals surface area contributed by atoms with E-state index in [2.05, 4.69) is 10.6 Å². The summed E-state index contributed by atoms with van der Waals surface area (Å²) in [6.45, 7) is 3.90. The molecule has 7 N–H and O–H groups in total. The minimum absolute atomic E-state index is 0.138. The van der Waals surface area contributed by atoms with Gasteiger partial charge in [0.05, 0.1) is 11.7 Å². The minimum atomic E-state index is -0.711. The normalized spacial score (nSPS) is 12.1. The van der Waals surface area contributed by atoms with Crippen LogP contribution in [0.25, 0.3) is 6.08 Å². The molecular weight excluding hydrogens is 374 g/mol. The van der Waals surface area contributed by atoms with Gasteiger partial charge in [-0.3, -0.25) is 9.59 Å². The van der Waals surface area contributed by atoms with Crippen molar-refractivity contribution in [3.8, 4) is 17.2 Å². The Balaban J connectivity index is 2.04. The molecule has 0 saturated heterocycles. The van der Waals surface area contributed by atoms with Crippen LogP contribution in [0.3, 0.4) is 0 Å². The van der Waals surface area contributed by atoms with Crippen molar-refractivity contribution in [2.75, 3.05) is 10.6 Å². The second-order valence-corrected chi connectivity index (χ2v) is 7.03. The number of carbonyl (C=O) groups excluding carboxylic acids is 2. The van der Waals surface area contributed by atoms with Gasteiger partial charge in [-0.05, 0) is 54.3 Å². The maximum atomic E-state index is 12.2. The van der Waals surface area contributed by atoms with E-state index in [0.29, 0.717) is 17.7 Å². The summed E-state index contributed by atoms with van der Waals surface area (Å²) in [5, 5.41) is 33.9. The predicted molar refractivity (Wildman–Crippen MR) is 112 cm³/mol. The highest BCUT2D eigenvalue weighted by atomic mass is 16.3. The monoisotopic (exact) mass is 399 g/mol. The second-order valence-electron chi connectivity index (χ2n) is 7.03. The highest BCUT2D eigenvalue weighted by molar-refractivity contribution is 6.03. The van der Waals surface area contributed by atoms with Gasteiger partial charge in [-0.15, -0.1) is 0 Å². The lowest BCUT2D eigenvalue weighted by Gasteiger charge is -2.15. The Morgan fingerprint density at radius 1 is 1.00 bits per heavy atom. The standard InChI is InChI=1S/C21H25N3O5/c1-12(2)9-15(22)21(29)24-16-11-14(5-7-17(16)25)23-20(28)8-4-13-3-6-18(26)19(27)10-13/h3-8,10-12,15,25-27H,9,22H2,1-2H3,(H,23,28)(H,24,29)/t15-/m0/s1. The smallest absolute Gasteiger partial charge is 0.248 e. The number of rotatable bonds is 7. The molecule has 0 bridgehead atoms. The molecule has 0 spiro atoms. The molecule has 0 fully saturated rings. The fourth-order valence-corrected chi connectivity index (χ4v) is 2.55. The zero-order chi connectivity index (χ0) is 21.6.